The van der Waals surface area contributed by atoms with E-state index in [0.717, 1.165) is 17.2 Å². The molecule has 0 bridgehead atoms. The lowest BCUT2D eigenvalue weighted by Gasteiger charge is -2.08. The molecule has 110 valence electrons. The van der Waals surface area contributed by atoms with Crippen LogP contribution in [0.2, 0.25) is 0 Å². The summed E-state index contributed by atoms with van der Waals surface area (Å²) in [5.41, 5.74) is 0.620. The van der Waals surface area contributed by atoms with Gasteiger partial charge >= 0.3 is 5.97 Å². The number of fused-ring (bicyclic) bond motifs is 1. The first-order chi connectivity index (χ1) is 10.2. The molecule has 0 fully saturated rings. The molecule has 0 aromatic heterocycles. The normalized spacial score (nSPS) is 10.3. The summed E-state index contributed by atoms with van der Waals surface area (Å²) in [7, 11) is 0. The molecule has 2 aromatic carbocycles. The van der Waals surface area contributed by atoms with Gasteiger partial charge in [-0.3, -0.25) is 9.59 Å². The van der Waals surface area contributed by atoms with Gasteiger partial charge in [0.15, 0.2) is 0 Å². The van der Waals surface area contributed by atoms with E-state index in [1.807, 2.05) is 43.3 Å². The maximum Gasteiger partial charge on any atom is 0.307 e. The first-order valence-corrected chi connectivity index (χ1v) is 7.14. The number of carbonyl (C=O) groups excluding carboxylic acids is 2. The number of hydrogen-bond donors (Lipinski definition) is 1. The first kappa shape index (κ1) is 15.0. The second-order valence-electron chi connectivity index (χ2n) is 4.75. The Bertz CT molecular complexity index is 631. The lowest BCUT2D eigenvalue weighted by molar-refractivity contribution is -0.143. The molecular weight excluding hydrogens is 266 g/mol. The summed E-state index contributed by atoms with van der Waals surface area (Å²) in [5.74, 6) is -0.454. The zero-order chi connectivity index (χ0) is 15.1. The van der Waals surface area contributed by atoms with Gasteiger partial charge in [0.1, 0.15) is 0 Å². The molecule has 4 heteroatoms. The summed E-state index contributed by atoms with van der Waals surface area (Å²) < 4.78 is 4.96. The zero-order valence-corrected chi connectivity index (χ0v) is 12.1. The Hall–Kier alpha value is -2.36. The Labute approximate surface area is 124 Å². The van der Waals surface area contributed by atoms with Gasteiger partial charge in [0, 0.05) is 12.1 Å². The molecule has 2 rings (SSSR count). The molecule has 0 aliphatic heterocycles. The summed E-state index contributed by atoms with van der Waals surface area (Å²) in [6.45, 7) is 2.65. The molecule has 1 N–H and O–H groups in total. The van der Waals surface area contributed by atoms with Crippen LogP contribution in [0.25, 0.3) is 10.8 Å². The Morgan fingerprint density at radius 2 is 1.86 bits per heavy atom. The molecule has 0 aliphatic carbocycles. The maximum atomic E-state index is 12.2. The molecule has 1 amide bonds. The summed E-state index contributed by atoms with van der Waals surface area (Å²) >= 11 is 0. The average Bonchev–Trinajstić information content (AvgIpc) is 2.52. The largest absolute Gasteiger partial charge is 0.466 e. The predicted octanol–water partition coefficient (Wildman–Crippen LogP) is 2.91. The summed E-state index contributed by atoms with van der Waals surface area (Å²) in [5, 5.41) is 4.69. The van der Waals surface area contributed by atoms with E-state index in [1.165, 1.54) is 0 Å². The van der Waals surface area contributed by atoms with Crippen molar-refractivity contribution in [3.8, 4) is 0 Å². The van der Waals surface area contributed by atoms with Crippen LogP contribution in [0, 0.1) is 0 Å². The molecule has 0 atom stereocenters. The number of nitrogens with one attached hydrogen (secondary N) is 1. The number of esters is 1. The van der Waals surface area contributed by atoms with Crippen molar-refractivity contribution in [2.24, 2.45) is 0 Å². The van der Waals surface area contributed by atoms with E-state index in [4.69, 9.17) is 4.74 Å². The van der Waals surface area contributed by atoms with Gasteiger partial charge in [-0.15, -0.1) is 0 Å². The minimum absolute atomic E-state index is 0.171. The van der Waals surface area contributed by atoms with Crippen molar-refractivity contribution < 1.29 is 14.3 Å². The van der Waals surface area contributed by atoms with E-state index in [9.17, 15) is 9.59 Å². The highest BCUT2D eigenvalue weighted by atomic mass is 16.5. The summed E-state index contributed by atoms with van der Waals surface area (Å²) in [4.78, 5) is 23.5. The molecule has 0 saturated carbocycles. The number of rotatable bonds is 6. The Morgan fingerprint density at radius 3 is 2.67 bits per heavy atom. The number of carbonyl (C=O) groups is 2. The minimum atomic E-state index is -0.282. The maximum absolute atomic E-state index is 12.2. The molecule has 0 aliphatic rings. The van der Waals surface area contributed by atoms with Crippen molar-refractivity contribution in [2.45, 2.75) is 19.8 Å². The standard InChI is InChI=1S/C17H19NO3/c1-2-12-21-16(19)10-11-18-17(20)15-9-5-7-13-6-3-4-8-14(13)15/h3-9H,2,10-12H2,1H3,(H,18,20). The van der Waals surface area contributed by atoms with Crippen LogP contribution < -0.4 is 5.32 Å². The minimum Gasteiger partial charge on any atom is -0.466 e. The molecular formula is C17H19NO3. The SMILES string of the molecule is CCCOC(=O)CCNC(=O)c1cccc2ccccc12. The smallest absolute Gasteiger partial charge is 0.307 e. The Kier molecular flexibility index (Phi) is 5.32. The summed E-state index contributed by atoms with van der Waals surface area (Å²) in [6.07, 6.45) is 0.991. The Morgan fingerprint density at radius 1 is 1.10 bits per heavy atom. The van der Waals surface area contributed by atoms with Crippen LogP contribution in [0.5, 0.6) is 0 Å². The molecule has 0 unspecified atom stereocenters. The van der Waals surface area contributed by atoms with Crippen molar-refractivity contribution in [1.29, 1.82) is 0 Å². The number of hydrogen-bond acceptors (Lipinski definition) is 3. The van der Waals surface area contributed by atoms with E-state index in [0.29, 0.717) is 12.2 Å². The van der Waals surface area contributed by atoms with Crippen molar-refractivity contribution >= 4 is 22.6 Å². The number of benzene rings is 2. The molecule has 0 radical (unpaired) electrons. The van der Waals surface area contributed by atoms with Crippen LogP contribution in [0.3, 0.4) is 0 Å². The van der Waals surface area contributed by atoms with Crippen LogP contribution in [0.1, 0.15) is 30.1 Å². The van der Waals surface area contributed by atoms with E-state index < -0.39 is 0 Å². The molecule has 4 nitrogen and oxygen atoms in total. The topological polar surface area (TPSA) is 55.4 Å². The second kappa shape index (κ2) is 7.43. The zero-order valence-electron chi connectivity index (χ0n) is 12.1. The fraction of sp³-hybridized carbons (Fsp3) is 0.294. The van der Waals surface area contributed by atoms with Gasteiger partial charge < -0.3 is 10.1 Å². The first-order valence-electron chi connectivity index (χ1n) is 7.14. The highest BCUT2D eigenvalue weighted by molar-refractivity contribution is 6.07. The molecule has 21 heavy (non-hydrogen) atoms. The van der Waals surface area contributed by atoms with Gasteiger partial charge in [-0.05, 0) is 23.3 Å². The lowest BCUT2D eigenvalue weighted by atomic mass is 10.0. The summed E-state index contributed by atoms with van der Waals surface area (Å²) in [6, 6.07) is 13.3. The molecule has 0 spiro atoms. The van der Waals surface area contributed by atoms with Crippen LogP contribution in [0.4, 0.5) is 0 Å². The van der Waals surface area contributed by atoms with Crippen molar-refractivity contribution in [3.63, 3.8) is 0 Å². The van der Waals surface area contributed by atoms with Gasteiger partial charge in [-0.1, -0.05) is 43.3 Å². The lowest BCUT2D eigenvalue weighted by Crippen LogP contribution is -2.26. The van der Waals surface area contributed by atoms with Crippen LogP contribution in [0.15, 0.2) is 42.5 Å². The van der Waals surface area contributed by atoms with Gasteiger partial charge in [0.05, 0.1) is 13.0 Å². The van der Waals surface area contributed by atoms with Crippen molar-refractivity contribution in [2.75, 3.05) is 13.2 Å². The second-order valence-corrected chi connectivity index (χ2v) is 4.75. The van der Waals surface area contributed by atoms with Crippen LogP contribution >= 0.6 is 0 Å². The predicted molar refractivity (Wildman–Crippen MR) is 82.1 cm³/mol. The highest BCUT2D eigenvalue weighted by Crippen LogP contribution is 2.18. The average molecular weight is 285 g/mol. The van der Waals surface area contributed by atoms with Crippen LogP contribution in [-0.4, -0.2) is 25.0 Å². The van der Waals surface area contributed by atoms with E-state index in [1.54, 1.807) is 6.07 Å². The number of ether oxygens (including phenoxy) is 1. The molecule has 2 aromatic rings. The third kappa shape index (κ3) is 4.05. The van der Waals surface area contributed by atoms with Gasteiger partial charge in [-0.25, -0.2) is 0 Å². The Balaban J connectivity index is 1.95. The molecule has 0 saturated heterocycles. The fourth-order valence-electron chi connectivity index (χ4n) is 2.08. The van der Waals surface area contributed by atoms with E-state index in [-0.39, 0.29) is 24.8 Å². The highest BCUT2D eigenvalue weighted by Gasteiger charge is 2.10. The van der Waals surface area contributed by atoms with Crippen LogP contribution in [-0.2, 0) is 9.53 Å². The third-order valence-electron chi connectivity index (χ3n) is 3.12. The molecule has 0 heterocycles. The van der Waals surface area contributed by atoms with Gasteiger partial charge in [0.2, 0.25) is 0 Å². The number of amides is 1. The van der Waals surface area contributed by atoms with Crippen molar-refractivity contribution in [1.82, 2.24) is 5.32 Å². The van der Waals surface area contributed by atoms with Crippen molar-refractivity contribution in [3.05, 3.63) is 48.0 Å². The van der Waals surface area contributed by atoms with Gasteiger partial charge in [-0.2, -0.15) is 0 Å². The fourth-order valence-corrected chi connectivity index (χ4v) is 2.08. The quantitative estimate of drug-likeness (QED) is 0.830. The monoisotopic (exact) mass is 285 g/mol. The van der Waals surface area contributed by atoms with E-state index >= 15 is 0 Å². The third-order valence-corrected chi connectivity index (χ3v) is 3.12. The van der Waals surface area contributed by atoms with Gasteiger partial charge in [0.25, 0.3) is 5.91 Å². The van der Waals surface area contributed by atoms with E-state index in [2.05, 4.69) is 5.32 Å².